The molecule has 0 aliphatic carbocycles. The SMILES string of the molecule is CNc1cnc(N)c(C)c1-c1ncns1. The van der Waals surface area contributed by atoms with E-state index in [0.29, 0.717) is 5.82 Å². The van der Waals surface area contributed by atoms with Crippen LogP contribution in [-0.2, 0) is 0 Å². The highest BCUT2D eigenvalue weighted by molar-refractivity contribution is 7.09. The molecule has 0 saturated carbocycles. The standard InChI is InChI=1S/C9H11N5S/c1-5-7(9-13-4-14-15-9)6(11-2)3-12-8(5)10/h3-4,11H,1-2H3,(H2,10,12). The quantitative estimate of drug-likeness (QED) is 0.804. The van der Waals surface area contributed by atoms with Crippen LogP contribution in [0, 0.1) is 6.92 Å². The normalized spacial score (nSPS) is 10.3. The van der Waals surface area contributed by atoms with Crippen LogP contribution in [0.5, 0.6) is 0 Å². The molecule has 5 nitrogen and oxygen atoms in total. The lowest BCUT2D eigenvalue weighted by Gasteiger charge is -2.10. The van der Waals surface area contributed by atoms with E-state index in [-0.39, 0.29) is 0 Å². The fraction of sp³-hybridized carbons (Fsp3) is 0.222. The van der Waals surface area contributed by atoms with Gasteiger partial charge in [0, 0.05) is 18.2 Å². The van der Waals surface area contributed by atoms with E-state index in [1.807, 2.05) is 14.0 Å². The zero-order valence-electron chi connectivity index (χ0n) is 8.48. The lowest BCUT2D eigenvalue weighted by molar-refractivity contribution is 1.25. The Hall–Kier alpha value is -1.69. The number of anilines is 2. The van der Waals surface area contributed by atoms with Gasteiger partial charge in [-0.2, -0.15) is 4.37 Å². The second-order valence-corrected chi connectivity index (χ2v) is 3.83. The number of hydrogen-bond donors (Lipinski definition) is 2. The molecule has 2 heterocycles. The van der Waals surface area contributed by atoms with Crippen LogP contribution in [0.1, 0.15) is 5.56 Å². The first-order chi connectivity index (χ1) is 7.24. The van der Waals surface area contributed by atoms with Gasteiger partial charge in [-0.25, -0.2) is 9.97 Å². The summed E-state index contributed by atoms with van der Waals surface area (Å²) in [7, 11) is 1.84. The van der Waals surface area contributed by atoms with Crippen LogP contribution in [0.3, 0.4) is 0 Å². The van der Waals surface area contributed by atoms with Gasteiger partial charge in [-0.1, -0.05) is 0 Å². The van der Waals surface area contributed by atoms with Crippen molar-refractivity contribution in [3.63, 3.8) is 0 Å². The summed E-state index contributed by atoms with van der Waals surface area (Å²) >= 11 is 1.34. The Morgan fingerprint density at radius 1 is 1.40 bits per heavy atom. The molecule has 0 aliphatic rings. The molecule has 0 saturated heterocycles. The van der Waals surface area contributed by atoms with Gasteiger partial charge < -0.3 is 11.1 Å². The first-order valence-corrected chi connectivity index (χ1v) is 5.21. The number of nitrogens with one attached hydrogen (secondary N) is 1. The van der Waals surface area contributed by atoms with E-state index in [1.165, 1.54) is 17.9 Å². The van der Waals surface area contributed by atoms with E-state index < -0.39 is 0 Å². The van der Waals surface area contributed by atoms with Crippen molar-refractivity contribution in [2.45, 2.75) is 6.92 Å². The molecule has 0 atom stereocenters. The lowest BCUT2D eigenvalue weighted by atomic mass is 10.1. The van der Waals surface area contributed by atoms with Crippen molar-refractivity contribution in [2.24, 2.45) is 0 Å². The maximum atomic E-state index is 5.77. The van der Waals surface area contributed by atoms with Crippen LogP contribution >= 0.6 is 11.5 Å². The molecule has 0 spiro atoms. The third-order valence-electron chi connectivity index (χ3n) is 2.21. The molecular weight excluding hydrogens is 210 g/mol. The van der Waals surface area contributed by atoms with Crippen LogP contribution < -0.4 is 11.1 Å². The number of nitrogen functional groups attached to an aromatic ring is 1. The molecule has 0 unspecified atom stereocenters. The monoisotopic (exact) mass is 221 g/mol. The highest BCUT2D eigenvalue weighted by Crippen LogP contribution is 2.33. The minimum Gasteiger partial charge on any atom is -0.386 e. The van der Waals surface area contributed by atoms with E-state index >= 15 is 0 Å². The maximum Gasteiger partial charge on any atom is 0.146 e. The molecule has 0 aromatic carbocycles. The van der Waals surface area contributed by atoms with Gasteiger partial charge in [0.1, 0.15) is 17.2 Å². The molecule has 2 aromatic rings. The predicted molar refractivity (Wildman–Crippen MR) is 61.8 cm³/mol. The molecule has 0 bridgehead atoms. The van der Waals surface area contributed by atoms with Gasteiger partial charge in [0.25, 0.3) is 0 Å². The van der Waals surface area contributed by atoms with E-state index in [1.54, 1.807) is 6.20 Å². The van der Waals surface area contributed by atoms with Crippen LogP contribution in [0.4, 0.5) is 11.5 Å². The van der Waals surface area contributed by atoms with Gasteiger partial charge >= 0.3 is 0 Å². The molecule has 0 fully saturated rings. The van der Waals surface area contributed by atoms with Crippen molar-refractivity contribution in [2.75, 3.05) is 18.1 Å². The molecule has 15 heavy (non-hydrogen) atoms. The Kier molecular flexibility index (Phi) is 2.51. The fourth-order valence-electron chi connectivity index (χ4n) is 1.37. The zero-order valence-corrected chi connectivity index (χ0v) is 9.30. The maximum absolute atomic E-state index is 5.77. The van der Waals surface area contributed by atoms with Gasteiger partial charge in [-0.15, -0.1) is 0 Å². The summed E-state index contributed by atoms with van der Waals surface area (Å²) in [5, 5.41) is 3.93. The average Bonchev–Trinajstić information content (AvgIpc) is 2.75. The number of nitrogens with two attached hydrogens (primary N) is 1. The van der Waals surface area contributed by atoms with E-state index in [4.69, 9.17) is 5.73 Å². The van der Waals surface area contributed by atoms with Crippen molar-refractivity contribution in [1.29, 1.82) is 0 Å². The van der Waals surface area contributed by atoms with Crippen LogP contribution in [0.25, 0.3) is 10.6 Å². The zero-order chi connectivity index (χ0) is 10.8. The summed E-state index contributed by atoms with van der Waals surface area (Å²) < 4.78 is 3.99. The molecule has 0 radical (unpaired) electrons. The van der Waals surface area contributed by atoms with Crippen molar-refractivity contribution < 1.29 is 0 Å². The van der Waals surface area contributed by atoms with Crippen molar-refractivity contribution in [3.8, 4) is 10.6 Å². The Morgan fingerprint density at radius 2 is 2.20 bits per heavy atom. The van der Waals surface area contributed by atoms with Gasteiger partial charge in [0.15, 0.2) is 0 Å². The van der Waals surface area contributed by atoms with Gasteiger partial charge in [-0.3, -0.25) is 0 Å². The van der Waals surface area contributed by atoms with Gasteiger partial charge in [-0.05, 0) is 18.5 Å². The highest BCUT2D eigenvalue weighted by Gasteiger charge is 2.13. The summed E-state index contributed by atoms with van der Waals surface area (Å²) in [6.07, 6.45) is 3.24. The van der Waals surface area contributed by atoms with Crippen LogP contribution in [-0.4, -0.2) is 21.4 Å². The third-order valence-corrected chi connectivity index (χ3v) is 2.89. The predicted octanol–water partition coefficient (Wildman–Crippen LogP) is 1.53. The summed E-state index contributed by atoms with van der Waals surface area (Å²) in [4.78, 5) is 8.27. The van der Waals surface area contributed by atoms with Crippen molar-refractivity contribution in [1.82, 2.24) is 14.3 Å². The van der Waals surface area contributed by atoms with E-state index in [9.17, 15) is 0 Å². The molecule has 0 amide bonds. The van der Waals surface area contributed by atoms with Crippen LogP contribution in [0.2, 0.25) is 0 Å². The minimum atomic E-state index is 0.527. The smallest absolute Gasteiger partial charge is 0.146 e. The first kappa shape index (κ1) is 9.85. The Labute approximate surface area is 91.5 Å². The minimum absolute atomic E-state index is 0.527. The molecule has 0 aliphatic heterocycles. The summed E-state index contributed by atoms with van der Waals surface area (Å²) in [5.74, 6) is 0.527. The molecule has 78 valence electrons. The van der Waals surface area contributed by atoms with Crippen LogP contribution in [0.15, 0.2) is 12.5 Å². The number of nitrogens with zero attached hydrogens (tertiary/aromatic N) is 3. The number of pyridine rings is 1. The van der Waals surface area contributed by atoms with Crippen molar-refractivity contribution >= 4 is 23.0 Å². The first-order valence-electron chi connectivity index (χ1n) is 4.44. The Balaban J connectivity index is 2.67. The summed E-state index contributed by atoms with van der Waals surface area (Å²) in [6, 6.07) is 0. The van der Waals surface area contributed by atoms with Crippen molar-refractivity contribution in [3.05, 3.63) is 18.1 Å². The number of aromatic nitrogens is 3. The summed E-state index contributed by atoms with van der Waals surface area (Å²) in [5.41, 5.74) is 8.59. The second-order valence-electron chi connectivity index (χ2n) is 3.05. The molecular formula is C9H11N5S. The fourth-order valence-corrected chi connectivity index (χ4v) is 2.02. The Morgan fingerprint density at radius 3 is 2.80 bits per heavy atom. The number of hydrogen-bond acceptors (Lipinski definition) is 6. The molecule has 6 heteroatoms. The molecule has 3 N–H and O–H groups in total. The largest absolute Gasteiger partial charge is 0.386 e. The van der Waals surface area contributed by atoms with E-state index in [2.05, 4.69) is 19.7 Å². The second kappa shape index (κ2) is 3.82. The number of rotatable bonds is 2. The lowest BCUT2D eigenvalue weighted by Crippen LogP contribution is -2.00. The third kappa shape index (κ3) is 1.63. The van der Waals surface area contributed by atoms with Gasteiger partial charge in [0.2, 0.25) is 0 Å². The van der Waals surface area contributed by atoms with E-state index in [0.717, 1.165) is 21.8 Å². The van der Waals surface area contributed by atoms with Gasteiger partial charge in [0.05, 0.1) is 11.9 Å². The Bertz CT molecular complexity index is 466. The average molecular weight is 221 g/mol. The highest BCUT2D eigenvalue weighted by atomic mass is 32.1. The molecule has 2 aromatic heterocycles. The topological polar surface area (TPSA) is 76.7 Å². The molecule has 2 rings (SSSR count). The summed E-state index contributed by atoms with van der Waals surface area (Å²) in [6.45, 7) is 1.93.